The summed E-state index contributed by atoms with van der Waals surface area (Å²) in [6.45, 7) is 4.76. The van der Waals surface area contributed by atoms with E-state index in [9.17, 15) is 4.79 Å². The predicted octanol–water partition coefficient (Wildman–Crippen LogP) is 2.13. The molecule has 0 aliphatic rings. The Balaban J connectivity index is 2.71. The van der Waals surface area contributed by atoms with Crippen molar-refractivity contribution in [2.45, 2.75) is 13.8 Å². The SMILES string of the molecule is CC(C)CNC(=O)c1ccc[nH]c1=S. The van der Waals surface area contributed by atoms with Crippen molar-refractivity contribution in [2.24, 2.45) is 5.92 Å². The molecule has 0 aliphatic carbocycles. The van der Waals surface area contributed by atoms with Crippen LogP contribution in [0.5, 0.6) is 0 Å². The molecule has 0 fully saturated rings. The van der Waals surface area contributed by atoms with E-state index in [0.29, 0.717) is 22.7 Å². The van der Waals surface area contributed by atoms with E-state index >= 15 is 0 Å². The van der Waals surface area contributed by atoms with Crippen LogP contribution in [0, 0.1) is 10.6 Å². The van der Waals surface area contributed by atoms with Crippen LogP contribution in [0.4, 0.5) is 0 Å². The molecule has 1 rings (SSSR count). The van der Waals surface area contributed by atoms with Gasteiger partial charge in [0.25, 0.3) is 5.91 Å². The van der Waals surface area contributed by atoms with Gasteiger partial charge in [0.05, 0.1) is 5.56 Å². The lowest BCUT2D eigenvalue weighted by Crippen LogP contribution is -2.27. The van der Waals surface area contributed by atoms with E-state index in [0.717, 1.165) is 0 Å². The minimum absolute atomic E-state index is 0.111. The van der Waals surface area contributed by atoms with Gasteiger partial charge >= 0.3 is 0 Å². The summed E-state index contributed by atoms with van der Waals surface area (Å²) >= 11 is 4.99. The van der Waals surface area contributed by atoms with Crippen LogP contribution in [0.25, 0.3) is 0 Å². The second-order valence-corrected chi connectivity index (χ2v) is 3.93. The van der Waals surface area contributed by atoms with Crippen molar-refractivity contribution in [1.82, 2.24) is 10.3 Å². The van der Waals surface area contributed by atoms with E-state index in [4.69, 9.17) is 12.2 Å². The number of pyridine rings is 1. The van der Waals surface area contributed by atoms with Gasteiger partial charge in [0, 0.05) is 12.7 Å². The quantitative estimate of drug-likeness (QED) is 0.751. The Morgan fingerprint density at radius 1 is 1.64 bits per heavy atom. The first-order valence-electron chi connectivity index (χ1n) is 4.57. The summed E-state index contributed by atoms with van der Waals surface area (Å²) in [5.74, 6) is 0.334. The molecule has 1 heterocycles. The maximum absolute atomic E-state index is 11.6. The van der Waals surface area contributed by atoms with Crippen molar-refractivity contribution >= 4 is 18.1 Å². The topological polar surface area (TPSA) is 44.9 Å². The van der Waals surface area contributed by atoms with E-state index < -0.39 is 0 Å². The third-order valence-corrected chi connectivity index (χ3v) is 2.07. The smallest absolute Gasteiger partial charge is 0.254 e. The number of hydrogen-bond acceptors (Lipinski definition) is 2. The number of H-pyrrole nitrogens is 1. The van der Waals surface area contributed by atoms with Gasteiger partial charge in [0.2, 0.25) is 0 Å². The monoisotopic (exact) mass is 210 g/mol. The zero-order valence-electron chi connectivity index (χ0n) is 8.33. The number of amides is 1. The van der Waals surface area contributed by atoms with Crippen LogP contribution in [-0.4, -0.2) is 17.4 Å². The highest BCUT2D eigenvalue weighted by Gasteiger charge is 2.06. The Morgan fingerprint density at radius 2 is 2.36 bits per heavy atom. The van der Waals surface area contributed by atoms with Crippen molar-refractivity contribution in [2.75, 3.05) is 6.54 Å². The summed E-state index contributed by atoms with van der Waals surface area (Å²) < 4.78 is 0.480. The van der Waals surface area contributed by atoms with Gasteiger partial charge in [-0.25, -0.2) is 0 Å². The summed E-state index contributed by atoms with van der Waals surface area (Å²) in [7, 11) is 0. The number of carbonyl (C=O) groups is 1. The number of aromatic amines is 1. The zero-order valence-corrected chi connectivity index (χ0v) is 9.15. The van der Waals surface area contributed by atoms with Crippen LogP contribution in [0.15, 0.2) is 18.3 Å². The Labute approximate surface area is 88.5 Å². The second-order valence-electron chi connectivity index (χ2n) is 3.52. The third kappa shape index (κ3) is 2.96. The molecular formula is C10H14N2OS. The molecule has 0 saturated carbocycles. The normalized spacial score (nSPS) is 10.2. The molecule has 0 aromatic carbocycles. The van der Waals surface area contributed by atoms with Crippen LogP contribution in [-0.2, 0) is 0 Å². The average Bonchev–Trinajstić information content (AvgIpc) is 2.15. The molecule has 0 spiro atoms. The second kappa shape index (κ2) is 4.91. The van der Waals surface area contributed by atoms with Crippen LogP contribution >= 0.6 is 12.2 Å². The van der Waals surface area contributed by atoms with Crippen LogP contribution in [0.2, 0.25) is 0 Å². The van der Waals surface area contributed by atoms with Crippen molar-refractivity contribution in [3.05, 3.63) is 28.5 Å². The minimum atomic E-state index is -0.111. The van der Waals surface area contributed by atoms with Gasteiger partial charge in [-0.15, -0.1) is 0 Å². The fourth-order valence-electron chi connectivity index (χ4n) is 0.992. The summed E-state index contributed by atoms with van der Waals surface area (Å²) in [4.78, 5) is 14.4. The molecule has 0 saturated heterocycles. The van der Waals surface area contributed by atoms with Crippen LogP contribution in [0.3, 0.4) is 0 Å². The lowest BCUT2D eigenvalue weighted by molar-refractivity contribution is 0.0948. The van der Waals surface area contributed by atoms with Crippen molar-refractivity contribution in [3.8, 4) is 0 Å². The molecule has 2 N–H and O–H groups in total. The van der Waals surface area contributed by atoms with Gasteiger partial charge in [-0.2, -0.15) is 0 Å². The number of carbonyl (C=O) groups excluding carboxylic acids is 1. The maximum Gasteiger partial charge on any atom is 0.254 e. The number of aromatic nitrogens is 1. The first kappa shape index (κ1) is 10.9. The molecule has 1 aromatic heterocycles. The highest BCUT2D eigenvalue weighted by Crippen LogP contribution is 1.99. The molecule has 14 heavy (non-hydrogen) atoms. The van der Waals surface area contributed by atoms with Gasteiger partial charge in [-0.3, -0.25) is 4.79 Å². The Kier molecular flexibility index (Phi) is 3.83. The summed E-state index contributed by atoms with van der Waals surface area (Å²) in [6, 6.07) is 3.48. The lowest BCUT2D eigenvalue weighted by atomic mass is 10.2. The third-order valence-electron chi connectivity index (χ3n) is 1.73. The summed E-state index contributed by atoms with van der Waals surface area (Å²) in [5, 5.41) is 2.81. The highest BCUT2D eigenvalue weighted by atomic mass is 32.1. The van der Waals surface area contributed by atoms with Gasteiger partial charge in [-0.05, 0) is 18.1 Å². The molecule has 1 amide bonds. The standard InChI is InChI=1S/C10H14N2OS/c1-7(2)6-12-9(13)8-4-3-5-11-10(8)14/h3-5,7H,6H2,1-2H3,(H,11,14)(H,12,13). The first-order valence-corrected chi connectivity index (χ1v) is 4.98. The Morgan fingerprint density at radius 3 is 2.93 bits per heavy atom. The van der Waals surface area contributed by atoms with E-state index in [1.54, 1.807) is 18.3 Å². The first-order chi connectivity index (χ1) is 6.61. The number of hydrogen-bond donors (Lipinski definition) is 2. The largest absolute Gasteiger partial charge is 0.352 e. The molecular weight excluding hydrogens is 196 g/mol. The van der Waals surface area contributed by atoms with Crippen LogP contribution < -0.4 is 5.32 Å². The molecule has 0 aliphatic heterocycles. The molecule has 0 atom stereocenters. The van der Waals surface area contributed by atoms with Gasteiger partial charge < -0.3 is 10.3 Å². The molecule has 76 valence electrons. The van der Waals surface area contributed by atoms with E-state index in [-0.39, 0.29) is 5.91 Å². The van der Waals surface area contributed by atoms with Crippen molar-refractivity contribution in [1.29, 1.82) is 0 Å². The van der Waals surface area contributed by atoms with E-state index in [1.165, 1.54) is 0 Å². The summed E-state index contributed by atoms with van der Waals surface area (Å²) in [6.07, 6.45) is 1.71. The Bertz CT molecular complexity index is 370. The van der Waals surface area contributed by atoms with Gasteiger partial charge in [0.15, 0.2) is 0 Å². The number of nitrogens with one attached hydrogen (secondary N) is 2. The van der Waals surface area contributed by atoms with E-state index in [2.05, 4.69) is 10.3 Å². The van der Waals surface area contributed by atoms with E-state index in [1.807, 2.05) is 13.8 Å². The average molecular weight is 210 g/mol. The van der Waals surface area contributed by atoms with Crippen LogP contribution in [0.1, 0.15) is 24.2 Å². The lowest BCUT2D eigenvalue weighted by Gasteiger charge is -2.07. The fraction of sp³-hybridized carbons (Fsp3) is 0.400. The predicted molar refractivity (Wildman–Crippen MR) is 58.8 cm³/mol. The van der Waals surface area contributed by atoms with Gasteiger partial charge in [-0.1, -0.05) is 26.1 Å². The molecule has 3 nitrogen and oxygen atoms in total. The maximum atomic E-state index is 11.6. The fourth-order valence-corrected chi connectivity index (χ4v) is 1.22. The zero-order chi connectivity index (χ0) is 10.6. The molecule has 0 unspecified atom stereocenters. The summed E-state index contributed by atoms with van der Waals surface area (Å²) in [5.41, 5.74) is 0.531. The number of rotatable bonds is 3. The van der Waals surface area contributed by atoms with Gasteiger partial charge in [0.1, 0.15) is 4.64 Å². The molecule has 1 aromatic rings. The molecule has 0 radical (unpaired) electrons. The van der Waals surface area contributed by atoms with Crippen molar-refractivity contribution < 1.29 is 4.79 Å². The minimum Gasteiger partial charge on any atom is -0.352 e. The molecule has 4 heteroatoms. The Hall–Kier alpha value is -1.16. The highest BCUT2D eigenvalue weighted by molar-refractivity contribution is 7.71. The molecule has 0 bridgehead atoms. The van der Waals surface area contributed by atoms with Crippen molar-refractivity contribution in [3.63, 3.8) is 0 Å².